The summed E-state index contributed by atoms with van der Waals surface area (Å²) in [6.45, 7) is 2.94. The van der Waals surface area contributed by atoms with Gasteiger partial charge in [-0.2, -0.15) is 18.3 Å². The molecule has 0 N–H and O–H groups in total. The van der Waals surface area contributed by atoms with Gasteiger partial charge >= 0.3 is 6.18 Å². The Morgan fingerprint density at radius 3 is 1.90 bits per heavy atom. The Morgan fingerprint density at radius 2 is 1.29 bits per heavy atom. The van der Waals surface area contributed by atoms with E-state index in [4.69, 9.17) is 0 Å². The molecule has 0 atom stereocenters. The number of rotatable bonds is 3. The molecule has 3 nitrogen and oxygen atoms in total. The van der Waals surface area contributed by atoms with E-state index in [2.05, 4.69) is 58.5 Å². The number of halogens is 3. The zero-order valence-electron chi connectivity index (χ0n) is 16.9. The van der Waals surface area contributed by atoms with Crippen molar-refractivity contribution in [1.82, 2.24) is 9.91 Å². The lowest BCUT2D eigenvalue weighted by molar-refractivity contribution is -0.137. The van der Waals surface area contributed by atoms with Crippen molar-refractivity contribution in [3.8, 4) is 11.1 Å². The van der Waals surface area contributed by atoms with Crippen molar-refractivity contribution in [2.45, 2.75) is 12.2 Å². The third kappa shape index (κ3) is 3.72. The van der Waals surface area contributed by atoms with Crippen LogP contribution in [0.4, 0.5) is 13.2 Å². The third-order valence-corrected chi connectivity index (χ3v) is 6.08. The lowest BCUT2D eigenvalue weighted by atomic mass is 10.0. The first kappa shape index (κ1) is 19.8. The molecule has 3 aromatic rings. The van der Waals surface area contributed by atoms with Gasteiger partial charge in [0, 0.05) is 31.7 Å². The Bertz CT molecular complexity index is 1070. The zero-order valence-corrected chi connectivity index (χ0v) is 16.9. The van der Waals surface area contributed by atoms with Gasteiger partial charge in [-0.3, -0.25) is 9.91 Å². The average Bonchev–Trinajstić information content (AvgIpc) is 3.12. The van der Waals surface area contributed by atoms with Crippen molar-refractivity contribution in [2.24, 2.45) is 5.10 Å². The standard InChI is InChI=1S/C25H22F3N3/c26-25(27,28)23-12-6-1-7-18(23)17-29-31-15-13-30(14-16-31)24-21-10-4-2-8-19(21)20-9-3-5-11-22(20)24/h1-12,17,24H,13-16H2. The molecule has 0 spiro atoms. The fourth-order valence-corrected chi connectivity index (χ4v) is 4.62. The van der Waals surface area contributed by atoms with Crippen molar-refractivity contribution in [3.05, 3.63) is 95.1 Å². The maximum Gasteiger partial charge on any atom is 0.417 e. The first-order chi connectivity index (χ1) is 15.0. The highest BCUT2D eigenvalue weighted by Crippen LogP contribution is 2.46. The van der Waals surface area contributed by atoms with Crippen LogP contribution in [-0.2, 0) is 6.18 Å². The normalized spacial score (nSPS) is 17.2. The molecule has 3 aromatic carbocycles. The summed E-state index contributed by atoms with van der Waals surface area (Å²) in [6, 6.07) is 22.8. The summed E-state index contributed by atoms with van der Waals surface area (Å²) >= 11 is 0. The SMILES string of the molecule is FC(F)(F)c1ccccc1C=NN1CCN(C2c3ccccc3-c3ccccc32)CC1. The summed E-state index contributed by atoms with van der Waals surface area (Å²) in [5.74, 6) is 0. The second kappa shape index (κ2) is 7.85. The highest BCUT2D eigenvalue weighted by Gasteiger charge is 2.34. The van der Waals surface area contributed by atoms with E-state index in [-0.39, 0.29) is 11.6 Å². The van der Waals surface area contributed by atoms with Gasteiger partial charge in [0.05, 0.1) is 17.8 Å². The molecule has 1 fully saturated rings. The second-order valence-corrected chi connectivity index (χ2v) is 7.90. The molecule has 2 aliphatic rings. The van der Waals surface area contributed by atoms with E-state index in [0.29, 0.717) is 13.1 Å². The zero-order chi connectivity index (χ0) is 21.4. The van der Waals surface area contributed by atoms with Crippen molar-refractivity contribution in [2.75, 3.05) is 26.2 Å². The van der Waals surface area contributed by atoms with Crippen molar-refractivity contribution in [3.63, 3.8) is 0 Å². The maximum absolute atomic E-state index is 13.2. The quantitative estimate of drug-likeness (QED) is 0.526. The van der Waals surface area contributed by atoms with E-state index in [9.17, 15) is 13.2 Å². The number of nitrogens with zero attached hydrogens (tertiary/aromatic N) is 3. The predicted octanol–water partition coefficient (Wildman–Crippen LogP) is 5.43. The van der Waals surface area contributed by atoms with Crippen molar-refractivity contribution in [1.29, 1.82) is 0 Å². The Labute approximate surface area is 179 Å². The van der Waals surface area contributed by atoms with Crippen molar-refractivity contribution < 1.29 is 13.2 Å². The minimum absolute atomic E-state index is 0.0936. The van der Waals surface area contributed by atoms with Crippen LogP contribution in [0.15, 0.2) is 77.9 Å². The Hall–Kier alpha value is -3.12. The van der Waals surface area contributed by atoms with Gasteiger partial charge in [-0.05, 0) is 28.3 Å². The van der Waals surface area contributed by atoms with E-state index in [1.807, 2.05) is 5.01 Å². The summed E-state index contributed by atoms with van der Waals surface area (Å²) < 4.78 is 39.6. The maximum atomic E-state index is 13.2. The lowest BCUT2D eigenvalue weighted by Crippen LogP contribution is -2.45. The Morgan fingerprint density at radius 1 is 0.742 bits per heavy atom. The smallest absolute Gasteiger partial charge is 0.294 e. The number of hydrogen-bond donors (Lipinski definition) is 0. The summed E-state index contributed by atoms with van der Waals surface area (Å²) in [7, 11) is 0. The van der Waals surface area contributed by atoms with Crippen LogP contribution in [0.1, 0.15) is 28.3 Å². The van der Waals surface area contributed by atoms with Crippen LogP contribution in [0.3, 0.4) is 0 Å². The topological polar surface area (TPSA) is 18.8 Å². The first-order valence-corrected chi connectivity index (χ1v) is 10.4. The van der Waals surface area contributed by atoms with Crippen LogP contribution in [-0.4, -0.2) is 42.3 Å². The molecule has 1 aliphatic heterocycles. The fourth-order valence-electron chi connectivity index (χ4n) is 4.62. The molecule has 0 saturated carbocycles. The summed E-state index contributed by atoms with van der Waals surface area (Å²) in [5.41, 5.74) is 4.65. The molecular weight excluding hydrogens is 399 g/mol. The summed E-state index contributed by atoms with van der Waals surface area (Å²) in [4.78, 5) is 2.44. The molecule has 1 heterocycles. The molecule has 5 rings (SSSR count). The van der Waals surface area contributed by atoms with Crippen LogP contribution in [0.5, 0.6) is 0 Å². The number of hydrazone groups is 1. The molecular formula is C25H22F3N3. The number of benzene rings is 3. The minimum Gasteiger partial charge on any atom is -0.294 e. The molecule has 0 bridgehead atoms. The summed E-state index contributed by atoms with van der Waals surface area (Å²) in [6.07, 6.45) is -3.05. The molecule has 0 aromatic heterocycles. The third-order valence-electron chi connectivity index (χ3n) is 6.08. The molecule has 0 unspecified atom stereocenters. The molecule has 0 amide bonds. The number of piperazine rings is 1. The van der Waals surface area contributed by atoms with Crippen LogP contribution < -0.4 is 0 Å². The van der Waals surface area contributed by atoms with E-state index in [1.165, 1.54) is 40.6 Å². The van der Waals surface area contributed by atoms with Gasteiger partial charge in [-0.15, -0.1) is 0 Å². The Kier molecular flexibility index (Phi) is 5.02. The van der Waals surface area contributed by atoms with Crippen LogP contribution in [0.25, 0.3) is 11.1 Å². The second-order valence-electron chi connectivity index (χ2n) is 7.90. The molecule has 6 heteroatoms. The molecule has 158 valence electrons. The van der Waals surface area contributed by atoms with E-state index >= 15 is 0 Å². The highest BCUT2D eigenvalue weighted by molar-refractivity contribution is 5.82. The first-order valence-electron chi connectivity index (χ1n) is 10.4. The number of alkyl halides is 3. The van der Waals surface area contributed by atoms with E-state index in [0.717, 1.165) is 19.2 Å². The van der Waals surface area contributed by atoms with Crippen LogP contribution >= 0.6 is 0 Å². The largest absolute Gasteiger partial charge is 0.417 e. The minimum atomic E-state index is -4.38. The van der Waals surface area contributed by atoms with Crippen LogP contribution in [0, 0.1) is 0 Å². The van der Waals surface area contributed by atoms with Gasteiger partial charge in [-0.25, -0.2) is 0 Å². The highest BCUT2D eigenvalue weighted by atomic mass is 19.4. The molecule has 1 saturated heterocycles. The monoisotopic (exact) mass is 421 g/mol. The van der Waals surface area contributed by atoms with Gasteiger partial charge in [0.2, 0.25) is 0 Å². The van der Waals surface area contributed by atoms with Gasteiger partial charge in [-0.1, -0.05) is 66.7 Å². The molecule has 1 aliphatic carbocycles. The fraction of sp³-hybridized carbons (Fsp3) is 0.240. The van der Waals surface area contributed by atoms with Gasteiger partial charge in [0.25, 0.3) is 0 Å². The van der Waals surface area contributed by atoms with E-state index < -0.39 is 11.7 Å². The molecule has 0 radical (unpaired) electrons. The lowest BCUT2D eigenvalue weighted by Gasteiger charge is -2.37. The predicted molar refractivity (Wildman–Crippen MR) is 116 cm³/mol. The van der Waals surface area contributed by atoms with Gasteiger partial charge in [0.1, 0.15) is 0 Å². The number of hydrogen-bond acceptors (Lipinski definition) is 3. The molecule has 31 heavy (non-hydrogen) atoms. The van der Waals surface area contributed by atoms with Gasteiger partial charge < -0.3 is 0 Å². The summed E-state index contributed by atoms with van der Waals surface area (Å²) in [5, 5.41) is 6.22. The Balaban J connectivity index is 1.32. The number of fused-ring (bicyclic) bond motifs is 3. The van der Waals surface area contributed by atoms with Crippen molar-refractivity contribution >= 4 is 6.21 Å². The average molecular weight is 421 g/mol. The van der Waals surface area contributed by atoms with Gasteiger partial charge in [0.15, 0.2) is 0 Å². The van der Waals surface area contributed by atoms with E-state index in [1.54, 1.807) is 6.07 Å². The van der Waals surface area contributed by atoms with Crippen LogP contribution in [0.2, 0.25) is 0 Å².